The number of hydrogen-bond donors (Lipinski definition) is 1. The fourth-order valence-electron chi connectivity index (χ4n) is 1.08. The smallest absolute Gasteiger partial charge is 0.240 e. The van der Waals surface area contributed by atoms with Gasteiger partial charge >= 0.3 is 0 Å². The van der Waals surface area contributed by atoms with E-state index >= 15 is 0 Å². The standard InChI is InChI=1S/C11H18N2O2/c1-8(2)6-7-15-10-5-4-9(12)11(13-10)14-3/h4-5,8H,6-7,12H2,1-3H3. The molecule has 0 amide bonds. The van der Waals surface area contributed by atoms with Crippen molar-refractivity contribution in [3.63, 3.8) is 0 Å². The van der Waals surface area contributed by atoms with Gasteiger partial charge in [0.25, 0.3) is 0 Å². The molecule has 1 aromatic rings. The maximum absolute atomic E-state index is 5.63. The Kier molecular flexibility index (Phi) is 4.21. The molecule has 0 saturated carbocycles. The lowest BCUT2D eigenvalue weighted by Gasteiger charge is -2.09. The van der Waals surface area contributed by atoms with Crippen LogP contribution in [0.25, 0.3) is 0 Å². The van der Waals surface area contributed by atoms with E-state index in [2.05, 4.69) is 18.8 Å². The van der Waals surface area contributed by atoms with E-state index < -0.39 is 0 Å². The van der Waals surface area contributed by atoms with Crippen LogP contribution in [0.3, 0.4) is 0 Å². The Balaban J connectivity index is 2.54. The molecule has 1 rings (SSSR count). The van der Waals surface area contributed by atoms with Gasteiger partial charge in [-0.15, -0.1) is 0 Å². The lowest BCUT2D eigenvalue weighted by molar-refractivity contribution is 0.274. The summed E-state index contributed by atoms with van der Waals surface area (Å²) in [5.41, 5.74) is 6.16. The van der Waals surface area contributed by atoms with Crippen LogP contribution in [0.2, 0.25) is 0 Å². The highest BCUT2D eigenvalue weighted by atomic mass is 16.5. The Hall–Kier alpha value is -1.45. The first kappa shape index (κ1) is 11.6. The summed E-state index contributed by atoms with van der Waals surface area (Å²) in [7, 11) is 1.54. The molecule has 0 atom stereocenters. The number of aromatic nitrogens is 1. The minimum Gasteiger partial charge on any atom is -0.479 e. The molecule has 0 unspecified atom stereocenters. The number of ether oxygens (including phenoxy) is 2. The topological polar surface area (TPSA) is 57.4 Å². The van der Waals surface area contributed by atoms with Gasteiger partial charge in [0.05, 0.1) is 19.4 Å². The predicted octanol–water partition coefficient (Wildman–Crippen LogP) is 2.10. The van der Waals surface area contributed by atoms with Crippen LogP contribution >= 0.6 is 0 Å². The molecule has 0 aliphatic carbocycles. The van der Waals surface area contributed by atoms with Crippen LogP contribution < -0.4 is 15.2 Å². The van der Waals surface area contributed by atoms with E-state index in [0.717, 1.165) is 6.42 Å². The Morgan fingerprint density at radius 1 is 1.40 bits per heavy atom. The molecule has 0 aliphatic rings. The molecule has 0 saturated heterocycles. The van der Waals surface area contributed by atoms with Gasteiger partial charge in [0.2, 0.25) is 11.8 Å². The Morgan fingerprint density at radius 3 is 2.73 bits per heavy atom. The molecule has 1 aromatic heterocycles. The third-order valence-corrected chi connectivity index (χ3v) is 2.00. The highest BCUT2D eigenvalue weighted by molar-refractivity contribution is 5.49. The number of anilines is 1. The van der Waals surface area contributed by atoms with Gasteiger partial charge in [-0.1, -0.05) is 13.8 Å². The number of methoxy groups -OCH3 is 1. The fourth-order valence-corrected chi connectivity index (χ4v) is 1.08. The monoisotopic (exact) mass is 210 g/mol. The van der Waals surface area contributed by atoms with Crippen LogP contribution in [0.1, 0.15) is 20.3 Å². The molecule has 0 spiro atoms. The van der Waals surface area contributed by atoms with Gasteiger partial charge in [-0.2, -0.15) is 4.98 Å². The highest BCUT2D eigenvalue weighted by Gasteiger charge is 2.03. The van der Waals surface area contributed by atoms with Crippen molar-refractivity contribution in [3.05, 3.63) is 12.1 Å². The van der Waals surface area contributed by atoms with E-state index in [1.807, 2.05) is 0 Å². The molecule has 2 N–H and O–H groups in total. The number of rotatable bonds is 5. The quantitative estimate of drug-likeness (QED) is 0.808. The van der Waals surface area contributed by atoms with Crippen LogP contribution in [0, 0.1) is 5.92 Å². The Labute approximate surface area is 90.4 Å². The first-order valence-corrected chi connectivity index (χ1v) is 5.06. The average molecular weight is 210 g/mol. The molecule has 0 bridgehead atoms. The number of nitrogens with zero attached hydrogens (tertiary/aromatic N) is 1. The lowest BCUT2D eigenvalue weighted by Crippen LogP contribution is -2.04. The Bertz CT molecular complexity index is 313. The van der Waals surface area contributed by atoms with E-state index in [1.54, 1.807) is 12.1 Å². The van der Waals surface area contributed by atoms with Gasteiger partial charge in [0, 0.05) is 6.07 Å². The van der Waals surface area contributed by atoms with Crippen LogP contribution in [0.5, 0.6) is 11.8 Å². The zero-order valence-corrected chi connectivity index (χ0v) is 9.49. The minimum atomic E-state index is 0.414. The molecule has 0 aromatic carbocycles. The SMILES string of the molecule is COc1nc(OCCC(C)C)ccc1N. The van der Waals surface area contributed by atoms with Crippen molar-refractivity contribution in [2.75, 3.05) is 19.5 Å². The van der Waals surface area contributed by atoms with E-state index in [9.17, 15) is 0 Å². The number of hydrogen-bond acceptors (Lipinski definition) is 4. The molecule has 15 heavy (non-hydrogen) atoms. The maximum atomic E-state index is 5.63. The van der Waals surface area contributed by atoms with Gasteiger partial charge in [-0.3, -0.25) is 0 Å². The second kappa shape index (κ2) is 5.44. The molecule has 1 heterocycles. The number of nitrogens with two attached hydrogens (primary N) is 1. The first-order chi connectivity index (χ1) is 7.13. The van der Waals surface area contributed by atoms with E-state index in [1.165, 1.54) is 7.11 Å². The zero-order chi connectivity index (χ0) is 11.3. The fraction of sp³-hybridized carbons (Fsp3) is 0.545. The van der Waals surface area contributed by atoms with Crippen molar-refractivity contribution < 1.29 is 9.47 Å². The van der Waals surface area contributed by atoms with Crippen LogP contribution in [0.15, 0.2) is 12.1 Å². The summed E-state index contributed by atoms with van der Waals surface area (Å²) in [4.78, 5) is 4.12. The largest absolute Gasteiger partial charge is 0.479 e. The van der Waals surface area contributed by atoms with Crippen molar-refractivity contribution >= 4 is 5.69 Å². The molecule has 0 fully saturated rings. The third-order valence-electron chi connectivity index (χ3n) is 2.00. The van der Waals surface area contributed by atoms with E-state index in [0.29, 0.717) is 30.0 Å². The summed E-state index contributed by atoms with van der Waals surface area (Å²) >= 11 is 0. The van der Waals surface area contributed by atoms with Crippen LogP contribution in [-0.4, -0.2) is 18.7 Å². The number of nitrogen functional groups attached to an aromatic ring is 1. The summed E-state index contributed by atoms with van der Waals surface area (Å²) in [6.07, 6.45) is 1.01. The van der Waals surface area contributed by atoms with Crippen molar-refractivity contribution in [2.45, 2.75) is 20.3 Å². The first-order valence-electron chi connectivity index (χ1n) is 5.06. The van der Waals surface area contributed by atoms with Crippen molar-refractivity contribution in [3.8, 4) is 11.8 Å². The van der Waals surface area contributed by atoms with E-state index in [-0.39, 0.29) is 0 Å². The van der Waals surface area contributed by atoms with Gasteiger partial charge in [0.1, 0.15) is 0 Å². The minimum absolute atomic E-state index is 0.414. The lowest BCUT2D eigenvalue weighted by atomic mass is 10.1. The summed E-state index contributed by atoms with van der Waals surface area (Å²) in [6.45, 7) is 4.97. The molecule has 84 valence electrons. The average Bonchev–Trinajstić information content (AvgIpc) is 2.20. The Morgan fingerprint density at radius 2 is 2.13 bits per heavy atom. The van der Waals surface area contributed by atoms with Crippen LogP contribution in [0.4, 0.5) is 5.69 Å². The molecule has 4 nitrogen and oxygen atoms in total. The predicted molar refractivity (Wildman–Crippen MR) is 60.2 cm³/mol. The van der Waals surface area contributed by atoms with Crippen LogP contribution in [-0.2, 0) is 0 Å². The van der Waals surface area contributed by atoms with Gasteiger partial charge in [0.15, 0.2) is 0 Å². The van der Waals surface area contributed by atoms with Gasteiger partial charge < -0.3 is 15.2 Å². The second-order valence-electron chi connectivity index (χ2n) is 3.78. The van der Waals surface area contributed by atoms with E-state index in [4.69, 9.17) is 15.2 Å². The summed E-state index contributed by atoms with van der Waals surface area (Å²) in [6, 6.07) is 3.48. The second-order valence-corrected chi connectivity index (χ2v) is 3.78. The van der Waals surface area contributed by atoms with Crippen molar-refractivity contribution in [1.82, 2.24) is 4.98 Å². The van der Waals surface area contributed by atoms with Gasteiger partial charge in [-0.05, 0) is 18.4 Å². The summed E-state index contributed by atoms with van der Waals surface area (Å²) in [5.74, 6) is 1.60. The summed E-state index contributed by atoms with van der Waals surface area (Å²) < 4.78 is 10.5. The molecular weight excluding hydrogens is 192 g/mol. The molecule has 4 heteroatoms. The third kappa shape index (κ3) is 3.65. The maximum Gasteiger partial charge on any atom is 0.240 e. The molecule has 0 radical (unpaired) electrons. The zero-order valence-electron chi connectivity index (χ0n) is 9.49. The highest BCUT2D eigenvalue weighted by Crippen LogP contribution is 2.21. The number of pyridine rings is 1. The molecule has 0 aliphatic heterocycles. The van der Waals surface area contributed by atoms with Crippen molar-refractivity contribution in [2.24, 2.45) is 5.92 Å². The van der Waals surface area contributed by atoms with Gasteiger partial charge in [-0.25, -0.2) is 0 Å². The van der Waals surface area contributed by atoms with Crippen molar-refractivity contribution in [1.29, 1.82) is 0 Å². The summed E-state index contributed by atoms with van der Waals surface area (Å²) in [5, 5.41) is 0. The normalized spacial score (nSPS) is 10.4. The molecular formula is C11H18N2O2.